The van der Waals surface area contributed by atoms with Crippen LogP contribution < -0.4 is 10.1 Å². The summed E-state index contributed by atoms with van der Waals surface area (Å²) in [5.41, 5.74) is 3.74. The van der Waals surface area contributed by atoms with Crippen molar-refractivity contribution in [3.8, 4) is 24.0 Å². The van der Waals surface area contributed by atoms with Crippen LogP contribution in [0.2, 0.25) is 0 Å². The predicted octanol–water partition coefficient (Wildman–Crippen LogP) is 5.49. The first-order chi connectivity index (χ1) is 16.6. The maximum absolute atomic E-state index is 12.8. The third-order valence-electron chi connectivity index (χ3n) is 5.55. The van der Waals surface area contributed by atoms with Crippen molar-refractivity contribution >= 4 is 28.3 Å². The van der Waals surface area contributed by atoms with Crippen LogP contribution in [0.15, 0.2) is 54.1 Å². The highest BCUT2D eigenvalue weighted by Gasteiger charge is 2.22. The van der Waals surface area contributed by atoms with E-state index in [0.717, 1.165) is 41.7 Å². The van der Waals surface area contributed by atoms with Gasteiger partial charge in [-0.2, -0.15) is 15.8 Å². The molecule has 4 rings (SSSR count). The van der Waals surface area contributed by atoms with Crippen molar-refractivity contribution in [2.75, 3.05) is 5.32 Å². The van der Waals surface area contributed by atoms with Crippen LogP contribution in [0.5, 0.6) is 5.75 Å². The highest BCUT2D eigenvalue weighted by molar-refractivity contribution is 7.16. The molecule has 34 heavy (non-hydrogen) atoms. The molecule has 1 aliphatic rings. The number of aryl methyl sites for hydroxylation is 1. The van der Waals surface area contributed by atoms with Crippen LogP contribution in [0, 0.1) is 34.0 Å². The molecule has 0 spiro atoms. The van der Waals surface area contributed by atoms with E-state index in [1.165, 1.54) is 17.4 Å². The Balaban J connectivity index is 1.42. The monoisotopic (exact) mass is 464 g/mol. The van der Waals surface area contributed by atoms with Crippen molar-refractivity contribution in [2.24, 2.45) is 0 Å². The number of carbonyl (C=O) groups excluding carboxylic acids is 1. The minimum atomic E-state index is -0.529. The summed E-state index contributed by atoms with van der Waals surface area (Å²) in [5, 5.41) is 31.3. The Morgan fingerprint density at radius 1 is 1.00 bits per heavy atom. The van der Waals surface area contributed by atoms with Crippen LogP contribution in [-0.2, 0) is 24.2 Å². The molecule has 3 aromatic rings. The fourth-order valence-electron chi connectivity index (χ4n) is 3.76. The van der Waals surface area contributed by atoms with E-state index >= 15 is 0 Å². The number of hydrogen-bond acceptors (Lipinski definition) is 6. The smallest absolute Gasteiger partial charge is 0.266 e. The number of nitriles is 3. The number of carbonyl (C=O) groups is 1. The Bertz CT molecular complexity index is 1360. The molecule has 0 radical (unpaired) electrons. The molecule has 1 aliphatic carbocycles. The van der Waals surface area contributed by atoms with Gasteiger partial charge in [-0.25, -0.2) is 0 Å². The van der Waals surface area contributed by atoms with Gasteiger partial charge in [0.25, 0.3) is 5.91 Å². The summed E-state index contributed by atoms with van der Waals surface area (Å²) in [4.78, 5) is 13.9. The number of nitrogens with zero attached hydrogens (tertiary/aromatic N) is 3. The third-order valence-corrected chi connectivity index (χ3v) is 6.76. The van der Waals surface area contributed by atoms with Gasteiger partial charge in [0.05, 0.1) is 17.2 Å². The first-order valence-corrected chi connectivity index (χ1v) is 11.6. The average Bonchev–Trinajstić information content (AvgIpc) is 3.23. The van der Waals surface area contributed by atoms with Crippen molar-refractivity contribution in [3.63, 3.8) is 0 Å². The van der Waals surface area contributed by atoms with Crippen LogP contribution in [0.1, 0.15) is 45.5 Å². The van der Waals surface area contributed by atoms with Gasteiger partial charge in [0.1, 0.15) is 35.1 Å². The zero-order chi connectivity index (χ0) is 23.9. The summed E-state index contributed by atoms with van der Waals surface area (Å²) in [7, 11) is 0. The fourth-order valence-corrected chi connectivity index (χ4v) is 5.00. The zero-order valence-electron chi connectivity index (χ0n) is 18.3. The molecule has 166 valence electrons. The number of rotatable bonds is 6. The number of fused-ring (bicyclic) bond motifs is 1. The summed E-state index contributed by atoms with van der Waals surface area (Å²) in [6.07, 6.45) is 5.42. The molecule has 1 aromatic heterocycles. The molecular weight excluding hydrogens is 444 g/mol. The molecular formula is C27H20N4O2S. The van der Waals surface area contributed by atoms with Crippen LogP contribution >= 0.6 is 11.3 Å². The lowest BCUT2D eigenvalue weighted by atomic mass is 9.96. The first-order valence-electron chi connectivity index (χ1n) is 10.8. The van der Waals surface area contributed by atoms with E-state index in [1.807, 2.05) is 18.2 Å². The largest absolute Gasteiger partial charge is 0.489 e. The Kier molecular flexibility index (Phi) is 7.04. The standard InChI is InChI=1S/C27H20N4O2S/c28-14-19-5-7-20(8-6-19)17-33-22-11-9-18(10-12-22)13-21(15-29)26(32)31-27-24(16-30)23-3-1-2-4-25(23)34-27/h5-13H,1-4,17H2,(H,31,32)/b21-13+. The van der Waals surface area contributed by atoms with Crippen LogP contribution in [-0.4, -0.2) is 5.91 Å². The van der Waals surface area contributed by atoms with Gasteiger partial charge >= 0.3 is 0 Å². The Morgan fingerprint density at radius 2 is 1.74 bits per heavy atom. The second kappa shape index (κ2) is 10.5. The van der Waals surface area contributed by atoms with Crippen molar-refractivity contribution < 1.29 is 9.53 Å². The molecule has 6 nitrogen and oxygen atoms in total. The van der Waals surface area contributed by atoms with Crippen molar-refractivity contribution in [2.45, 2.75) is 32.3 Å². The number of hydrogen-bond donors (Lipinski definition) is 1. The van der Waals surface area contributed by atoms with E-state index in [2.05, 4.69) is 17.5 Å². The SMILES string of the molecule is N#C/C(=C\c1ccc(OCc2ccc(C#N)cc2)cc1)C(=O)Nc1sc2c(c1C#N)CCCC2. The van der Waals surface area contributed by atoms with E-state index in [4.69, 9.17) is 10.00 Å². The molecule has 0 fully saturated rings. The maximum Gasteiger partial charge on any atom is 0.266 e. The van der Waals surface area contributed by atoms with Gasteiger partial charge in [0, 0.05) is 4.88 Å². The van der Waals surface area contributed by atoms with Gasteiger partial charge in [0.15, 0.2) is 0 Å². The lowest BCUT2D eigenvalue weighted by Crippen LogP contribution is -2.13. The Morgan fingerprint density at radius 3 is 2.41 bits per heavy atom. The molecule has 7 heteroatoms. The summed E-state index contributed by atoms with van der Waals surface area (Å²) in [6.45, 7) is 0.360. The van der Waals surface area contributed by atoms with Crippen molar-refractivity contribution in [1.82, 2.24) is 0 Å². The normalized spacial score (nSPS) is 12.6. The van der Waals surface area contributed by atoms with Gasteiger partial charge in [-0.15, -0.1) is 11.3 Å². The number of anilines is 1. The number of ether oxygens (including phenoxy) is 1. The summed E-state index contributed by atoms with van der Waals surface area (Å²) < 4.78 is 5.77. The summed E-state index contributed by atoms with van der Waals surface area (Å²) in [6, 6.07) is 20.5. The highest BCUT2D eigenvalue weighted by atomic mass is 32.1. The second-order valence-corrected chi connectivity index (χ2v) is 8.92. The lowest BCUT2D eigenvalue weighted by molar-refractivity contribution is -0.112. The van der Waals surface area contributed by atoms with Gasteiger partial charge in [-0.3, -0.25) is 4.79 Å². The van der Waals surface area contributed by atoms with Gasteiger partial charge in [-0.1, -0.05) is 24.3 Å². The molecule has 0 saturated carbocycles. The summed E-state index contributed by atoms with van der Waals surface area (Å²) in [5.74, 6) is 0.117. The zero-order valence-corrected chi connectivity index (χ0v) is 19.1. The van der Waals surface area contributed by atoms with Gasteiger partial charge < -0.3 is 10.1 Å². The van der Waals surface area contributed by atoms with Crippen molar-refractivity contribution in [3.05, 3.63) is 86.8 Å². The van der Waals surface area contributed by atoms with E-state index < -0.39 is 5.91 Å². The first kappa shape index (κ1) is 22.8. The maximum atomic E-state index is 12.8. The van der Waals surface area contributed by atoms with Gasteiger partial charge in [-0.05, 0) is 72.7 Å². The molecule has 0 bridgehead atoms. The second-order valence-electron chi connectivity index (χ2n) is 7.82. The Labute approximate surface area is 202 Å². The number of benzene rings is 2. The summed E-state index contributed by atoms with van der Waals surface area (Å²) >= 11 is 1.43. The number of nitrogens with one attached hydrogen (secondary N) is 1. The molecule has 0 unspecified atom stereocenters. The van der Waals surface area contributed by atoms with E-state index in [0.29, 0.717) is 34.0 Å². The molecule has 1 heterocycles. The van der Waals surface area contributed by atoms with Gasteiger partial charge in [0.2, 0.25) is 0 Å². The van der Waals surface area contributed by atoms with Crippen molar-refractivity contribution in [1.29, 1.82) is 15.8 Å². The quantitative estimate of drug-likeness (QED) is 0.383. The van der Waals surface area contributed by atoms with Crippen LogP contribution in [0.4, 0.5) is 5.00 Å². The molecule has 2 aromatic carbocycles. The third kappa shape index (κ3) is 5.15. The van der Waals surface area contributed by atoms with Crippen LogP contribution in [0.3, 0.4) is 0 Å². The van der Waals surface area contributed by atoms with E-state index in [-0.39, 0.29) is 5.57 Å². The minimum absolute atomic E-state index is 0.0403. The lowest BCUT2D eigenvalue weighted by Gasteiger charge is -2.09. The topological polar surface area (TPSA) is 110 Å². The predicted molar refractivity (Wildman–Crippen MR) is 130 cm³/mol. The molecule has 0 atom stereocenters. The highest BCUT2D eigenvalue weighted by Crippen LogP contribution is 2.37. The van der Waals surface area contributed by atoms with E-state index in [9.17, 15) is 15.3 Å². The minimum Gasteiger partial charge on any atom is -0.489 e. The van der Waals surface area contributed by atoms with Crippen LogP contribution in [0.25, 0.3) is 6.08 Å². The Hall–Kier alpha value is -4.38. The van der Waals surface area contributed by atoms with E-state index in [1.54, 1.807) is 36.4 Å². The molecule has 1 amide bonds. The fraction of sp³-hybridized carbons (Fsp3) is 0.185. The number of thiophene rings is 1. The molecule has 0 aliphatic heterocycles. The number of amides is 1. The molecule has 1 N–H and O–H groups in total. The molecule has 0 saturated heterocycles. The average molecular weight is 465 g/mol.